The number of rotatable bonds is 6. The van der Waals surface area contributed by atoms with E-state index in [9.17, 15) is 0 Å². The van der Waals surface area contributed by atoms with Crippen LogP contribution in [0.3, 0.4) is 0 Å². The van der Waals surface area contributed by atoms with Crippen molar-refractivity contribution in [3.8, 4) is 5.75 Å². The fourth-order valence-corrected chi connectivity index (χ4v) is 1.85. The van der Waals surface area contributed by atoms with Gasteiger partial charge in [-0.2, -0.15) is 0 Å². The lowest BCUT2D eigenvalue weighted by Gasteiger charge is -2.10. The van der Waals surface area contributed by atoms with E-state index >= 15 is 0 Å². The second-order valence-corrected chi connectivity index (χ2v) is 4.91. The number of hydrogen-bond acceptors (Lipinski definition) is 4. The average molecular weight is 271 g/mol. The lowest BCUT2D eigenvalue weighted by molar-refractivity contribution is 0.299. The van der Waals surface area contributed by atoms with Gasteiger partial charge in [0.1, 0.15) is 12.4 Å². The molecule has 0 fully saturated rings. The zero-order valence-corrected chi connectivity index (χ0v) is 12.0. The summed E-state index contributed by atoms with van der Waals surface area (Å²) in [6, 6.07) is 8.02. The molecule has 0 radical (unpaired) electrons. The summed E-state index contributed by atoms with van der Waals surface area (Å²) in [5.41, 5.74) is 8.99. The van der Waals surface area contributed by atoms with E-state index in [4.69, 9.17) is 10.5 Å². The molecule has 0 saturated heterocycles. The predicted octanol–water partition coefficient (Wildman–Crippen LogP) is 2.64. The van der Waals surface area contributed by atoms with E-state index < -0.39 is 0 Å². The van der Waals surface area contributed by atoms with Crippen LogP contribution in [-0.2, 0) is 13.0 Å². The number of hydrogen-bond donors (Lipinski definition) is 1. The van der Waals surface area contributed by atoms with Gasteiger partial charge < -0.3 is 10.5 Å². The molecule has 1 unspecified atom stereocenters. The summed E-state index contributed by atoms with van der Waals surface area (Å²) in [4.78, 5) is 8.68. The number of aromatic nitrogens is 2. The molecule has 0 amide bonds. The van der Waals surface area contributed by atoms with E-state index in [1.54, 1.807) is 12.4 Å². The molecule has 0 spiro atoms. The summed E-state index contributed by atoms with van der Waals surface area (Å²) in [5, 5.41) is 0. The molecule has 2 rings (SSSR count). The molecule has 0 saturated carbocycles. The quantitative estimate of drug-likeness (QED) is 0.877. The number of pyridine rings is 2. The predicted molar refractivity (Wildman–Crippen MR) is 79.5 cm³/mol. The molecule has 2 aromatic rings. The highest BCUT2D eigenvalue weighted by molar-refractivity contribution is 5.22. The van der Waals surface area contributed by atoms with Crippen LogP contribution in [0.5, 0.6) is 5.75 Å². The Balaban J connectivity index is 1.92. The molecule has 4 heteroatoms. The lowest BCUT2D eigenvalue weighted by Crippen LogP contribution is -2.21. The van der Waals surface area contributed by atoms with Crippen molar-refractivity contribution in [1.29, 1.82) is 0 Å². The van der Waals surface area contributed by atoms with Crippen LogP contribution < -0.4 is 10.5 Å². The number of nitrogens with two attached hydrogens (primary N) is 1. The Kier molecular flexibility index (Phi) is 5.07. The monoisotopic (exact) mass is 271 g/mol. The van der Waals surface area contributed by atoms with Crippen molar-refractivity contribution >= 4 is 0 Å². The van der Waals surface area contributed by atoms with Gasteiger partial charge in [-0.05, 0) is 37.1 Å². The maximum atomic E-state index is 5.91. The van der Waals surface area contributed by atoms with Gasteiger partial charge in [-0.1, -0.05) is 13.0 Å². The molecule has 0 aliphatic heterocycles. The molecule has 2 aromatic heterocycles. The third kappa shape index (κ3) is 4.03. The molecule has 20 heavy (non-hydrogen) atoms. The van der Waals surface area contributed by atoms with Gasteiger partial charge >= 0.3 is 0 Å². The van der Waals surface area contributed by atoms with Gasteiger partial charge in [0.25, 0.3) is 0 Å². The molecule has 2 heterocycles. The fourth-order valence-electron chi connectivity index (χ4n) is 1.85. The Hall–Kier alpha value is -1.94. The smallest absolute Gasteiger partial charge is 0.138 e. The minimum Gasteiger partial charge on any atom is -0.486 e. The molecule has 0 aliphatic carbocycles. The van der Waals surface area contributed by atoms with Crippen LogP contribution in [0.25, 0.3) is 0 Å². The van der Waals surface area contributed by atoms with E-state index in [0.29, 0.717) is 6.61 Å². The molecular weight excluding hydrogens is 250 g/mol. The maximum absolute atomic E-state index is 5.91. The van der Waals surface area contributed by atoms with Crippen LogP contribution in [0.1, 0.15) is 30.3 Å². The zero-order chi connectivity index (χ0) is 14.4. The Labute approximate surface area is 120 Å². The Morgan fingerprint density at radius 1 is 1.25 bits per heavy atom. The SMILES string of the molecule is CCC(N)Cc1ccc(OCc2ncccc2C)cn1. The second-order valence-electron chi connectivity index (χ2n) is 4.91. The van der Waals surface area contributed by atoms with Crippen molar-refractivity contribution in [2.45, 2.75) is 39.3 Å². The highest BCUT2D eigenvalue weighted by Gasteiger charge is 2.04. The molecule has 0 aromatic carbocycles. The van der Waals surface area contributed by atoms with Gasteiger partial charge in [-0.25, -0.2) is 0 Å². The van der Waals surface area contributed by atoms with Crippen molar-refractivity contribution in [2.75, 3.05) is 0 Å². The van der Waals surface area contributed by atoms with E-state index in [1.807, 2.05) is 31.2 Å². The molecular formula is C16H21N3O. The van der Waals surface area contributed by atoms with Crippen molar-refractivity contribution in [1.82, 2.24) is 9.97 Å². The Morgan fingerprint density at radius 3 is 2.75 bits per heavy atom. The van der Waals surface area contributed by atoms with Crippen molar-refractivity contribution in [3.05, 3.63) is 53.6 Å². The van der Waals surface area contributed by atoms with Crippen molar-refractivity contribution < 1.29 is 4.74 Å². The van der Waals surface area contributed by atoms with E-state index in [2.05, 4.69) is 16.9 Å². The third-order valence-corrected chi connectivity index (χ3v) is 3.29. The molecule has 0 aliphatic rings. The van der Waals surface area contributed by atoms with Crippen LogP contribution in [-0.4, -0.2) is 16.0 Å². The Morgan fingerprint density at radius 2 is 2.10 bits per heavy atom. The van der Waals surface area contributed by atoms with E-state index in [1.165, 1.54) is 0 Å². The lowest BCUT2D eigenvalue weighted by atomic mass is 10.1. The van der Waals surface area contributed by atoms with Crippen LogP contribution in [0.2, 0.25) is 0 Å². The summed E-state index contributed by atoms with van der Waals surface area (Å²) in [6.45, 7) is 4.57. The first-order chi connectivity index (χ1) is 9.69. The summed E-state index contributed by atoms with van der Waals surface area (Å²) < 4.78 is 5.70. The van der Waals surface area contributed by atoms with Crippen LogP contribution >= 0.6 is 0 Å². The molecule has 106 valence electrons. The van der Waals surface area contributed by atoms with Crippen molar-refractivity contribution in [3.63, 3.8) is 0 Å². The fraction of sp³-hybridized carbons (Fsp3) is 0.375. The largest absolute Gasteiger partial charge is 0.486 e. The number of nitrogens with zero attached hydrogens (tertiary/aromatic N) is 2. The zero-order valence-electron chi connectivity index (χ0n) is 12.0. The van der Waals surface area contributed by atoms with Crippen molar-refractivity contribution in [2.24, 2.45) is 5.73 Å². The van der Waals surface area contributed by atoms with E-state index in [-0.39, 0.29) is 6.04 Å². The van der Waals surface area contributed by atoms with Crippen LogP contribution in [0, 0.1) is 6.92 Å². The second kappa shape index (κ2) is 7.01. The summed E-state index contributed by atoms with van der Waals surface area (Å²) >= 11 is 0. The van der Waals surface area contributed by atoms with Gasteiger partial charge in [0.2, 0.25) is 0 Å². The Bertz CT molecular complexity index is 540. The standard InChI is InChI=1S/C16H21N3O/c1-3-13(17)9-14-6-7-15(10-19-14)20-11-16-12(2)5-4-8-18-16/h4-8,10,13H,3,9,11,17H2,1-2H3. The van der Waals surface area contributed by atoms with Gasteiger partial charge in [0.05, 0.1) is 11.9 Å². The molecule has 4 nitrogen and oxygen atoms in total. The van der Waals surface area contributed by atoms with Crippen LogP contribution in [0.4, 0.5) is 0 Å². The number of ether oxygens (including phenoxy) is 1. The van der Waals surface area contributed by atoms with Crippen LogP contribution in [0.15, 0.2) is 36.7 Å². The maximum Gasteiger partial charge on any atom is 0.138 e. The molecule has 0 bridgehead atoms. The summed E-state index contributed by atoms with van der Waals surface area (Å²) in [5.74, 6) is 0.754. The van der Waals surface area contributed by atoms with Gasteiger partial charge in [0.15, 0.2) is 0 Å². The third-order valence-electron chi connectivity index (χ3n) is 3.29. The molecule has 2 N–H and O–H groups in total. The van der Waals surface area contributed by atoms with E-state index in [0.717, 1.165) is 35.5 Å². The van der Waals surface area contributed by atoms with Gasteiger partial charge in [-0.3, -0.25) is 9.97 Å². The minimum atomic E-state index is 0.172. The highest BCUT2D eigenvalue weighted by atomic mass is 16.5. The number of aryl methyl sites for hydroxylation is 1. The van der Waals surface area contributed by atoms with Gasteiger partial charge in [-0.15, -0.1) is 0 Å². The first-order valence-electron chi connectivity index (χ1n) is 6.93. The first-order valence-corrected chi connectivity index (χ1v) is 6.93. The first kappa shape index (κ1) is 14.5. The summed E-state index contributed by atoms with van der Waals surface area (Å²) in [7, 11) is 0. The summed E-state index contributed by atoms with van der Waals surface area (Å²) in [6.07, 6.45) is 5.28. The molecule has 1 atom stereocenters. The normalized spacial score (nSPS) is 12.2. The highest BCUT2D eigenvalue weighted by Crippen LogP contribution is 2.13. The van der Waals surface area contributed by atoms with Gasteiger partial charge in [0, 0.05) is 24.4 Å². The minimum absolute atomic E-state index is 0.172. The topological polar surface area (TPSA) is 61.0 Å². The average Bonchev–Trinajstić information content (AvgIpc) is 2.48.